The molecule has 0 atom stereocenters. The van der Waals surface area contributed by atoms with E-state index in [2.05, 4.69) is 30.7 Å². The fourth-order valence-electron chi connectivity index (χ4n) is 2.11. The van der Waals surface area contributed by atoms with Crippen LogP contribution < -0.4 is 5.73 Å². The molecule has 0 radical (unpaired) electrons. The predicted molar refractivity (Wildman–Crippen MR) is 61.4 cm³/mol. The van der Waals surface area contributed by atoms with E-state index in [9.17, 15) is 0 Å². The molecular weight excluding hydrogens is 174 g/mol. The molecular formula is C11H25N3. The van der Waals surface area contributed by atoms with Gasteiger partial charge in [0, 0.05) is 12.1 Å². The Labute approximate surface area is 88.2 Å². The van der Waals surface area contributed by atoms with Gasteiger partial charge in [0.1, 0.15) is 0 Å². The first-order chi connectivity index (χ1) is 6.59. The third-order valence-corrected chi connectivity index (χ3v) is 3.42. The van der Waals surface area contributed by atoms with Gasteiger partial charge in [0.05, 0.1) is 0 Å². The number of hydrogen-bond acceptors (Lipinski definition) is 3. The highest BCUT2D eigenvalue weighted by atomic mass is 15.2. The van der Waals surface area contributed by atoms with Crippen LogP contribution in [0.25, 0.3) is 0 Å². The van der Waals surface area contributed by atoms with E-state index in [0.29, 0.717) is 0 Å². The summed E-state index contributed by atoms with van der Waals surface area (Å²) >= 11 is 0. The van der Waals surface area contributed by atoms with Gasteiger partial charge in [0.25, 0.3) is 0 Å². The maximum absolute atomic E-state index is 6.40. The smallest absolute Gasteiger partial charge is 0.0307 e. The molecule has 0 amide bonds. The van der Waals surface area contributed by atoms with Crippen LogP contribution in [0.15, 0.2) is 0 Å². The zero-order chi connectivity index (χ0) is 10.6. The summed E-state index contributed by atoms with van der Waals surface area (Å²) < 4.78 is 0. The van der Waals surface area contributed by atoms with Gasteiger partial charge in [-0.15, -0.1) is 0 Å². The first-order valence-corrected chi connectivity index (χ1v) is 5.79. The summed E-state index contributed by atoms with van der Waals surface area (Å²) in [6.07, 6.45) is 2.28. The van der Waals surface area contributed by atoms with E-state index in [1.54, 1.807) is 0 Å². The summed E-state index contributed by atoms with van der Waals surface area (Å²) in [7, 11) is 2.18. The second-order valence-corrected chi connectivity index (χ2v) is 4.63. The highest BCUT2D eigenvalue weighted by molar-refractivity contribution is 4.91. The highest BCUT2D eigenvalue weighted by Gasteiger charge is 2.30. The Morgan fingerprint density at radius 2 is 1.71 bits per heavy atom. The van der Waals surface area contributed by atoms with Gasteiger partial charge in [-0.25, -0.2) is 0 Å². The van der Waals surface area contributed by atoms with Crippen LogP contribution in [0.1, 0.15) is 26.7 Å². The zero-order valence-corrected chi connectivity index (χ0v) is 9.92. The summed E-state index contributed by atoms with van der Waals surface area (Å²) in [5, 5.41) is 0. The van der Waals surface area contributed by atoms with Crippen LogP contribution in [-0.4, -0.2) is 55.1 Å². The topological polar surface area (TPSA) is 32.5 Å². The lowest BCUT2D eigenvalue weighted by molar-refractivity contribution is 0.140. The lowest BCUT2D eigenvalue weighted by atomic mass is 9.88. The van der Waals surface area contributed by atoms with E-state index >= 15 is 0 Å². The Balaban J connectivity index is 2.41. The number of hydrogen-bond donors (Lipinski definition) is 1. The molecule has 0 aromatic carbocycles. The van der Waals surface area contributed by atoms with Crippen molar-refractivity contribution in [1.29, 1.82) is 0 Å². The molecule has 1 rings (SSSR count). The first kappa shape index (κ1) is 12.0. The molecule has 1 aliphatic rings. The van der Waals surface area contributed by atoms with Crippen LogP contribution >= 0.6 is 0 Å². The fraction of sp³-hybridized carbons (Fsp3) is 1.00. The molecule has 0 aromatic rings. The van der Waals surface area contributed by atoms with Crippen LogP contribution in [0.5, 0.6) is 0 Å². The average molecular weight is 199 g/mol. The minimum Gasteiger partial charge on any atom is -0.324 e. The van der Waals surface area contributed by atoms with Crippen LogP contribution in [0.4, 0.5) is 0 Å². The molecule has 14 heavy (non-hydrogen) atoms. The zero-order valence-electron chi connectivity index (χ0n) is 9.92. The van der Waals surface area contributed by atoms with Crippen molar-refractivity contribution >= 4 is 0 Å². The Kier molecular flexibility index (Phi) is 4.35. The third kappa shape index (κ3) is 3.23. The third-order valence-electron chi connectivity index (χ3n) is 3.42. The van der Waals surface area contributed by atoms with Gasteiger partial charge < -0.3 is 15.5 Å². The quantitative estimate of drug-likeness (QED) is 0.725. The Hall–Kier alpha value is -0.120. The predicted octanol–water partition coefficient (Wildman–Crippen LogP) is 0.751. The molecule has 1 heterocycles. The number of nitrogens with zero attached hydrogens (tertiary/aromatic N) is 2. The van der Waals surface area contributed by atoms with Gasteiger partial charge in [-0.05, 0) is 46.1 Å². The van der Waals surface area contributed by atoms with E-state index in [1.165, 1.54) is 0 Å². The van der Waals surface area contributed by atoms with Crippen molar-refractivity contribution in [3.63, 3.8) is 0 Å². The van der Waals surface area contributed by atoms with Crippen molar-refractivity contribution in [2.45, 2.75) is 32.2 Å². The maximum atomic E-state index is 6.40. The molecule has 1 fully saturated rings. The lowest BCUT2D eigenvalue weighted by Crippen LogP contribution is -2.56. The summed E-state index contributed by atoms with van der Waals surface area (Å²) in [5.41, 5.74) is 6.47. The van der Waals surface area contributed by atoms with Gasteiger partial charge in [0.2, 0.25) is 0 Å². The van der Waals surface area contributed by atoms with Crippen molar-refractivity contribution in [3.8, 4) is 0 Å². The van der Waals surface area contributed by atoms with Gasteiger partial charge in [-0.2, -0.15) is 0 Å². The van der Waals surface area contributed by atoms with Gasteiger partial charge in [-0.3, -0.25) is 0 Å². The number of nitrogens with two attached hydrogens (primary N) is 1. The Morgan fingerprint density at radius 1 is 1.21 bits per heavy atom. The lowest BCUT2D eigenvalue weighted by Gasteiger charge is -2.40. The largest absolute Gasteiger partial charge is 0.324 e. The summed E-state index contributed by atoms with van der Waals surface area (Å²) in [5.74, 6) is 0. The SMILES string of the molecule is CCN(CC)CC1(N)CCN(C)CC1. The van der Waals surface area contributed by atoms with Crippen molar-refractivity contribution in [2.24, 2.45) is 5.73 Å². The number of likely N-dealkylation sites (N-methyl/N-ethyl adjacent to an activating group) is 1. The number of piperidine rings is 1. The van der Waals surface area contributed by atoms with Gasteiger partial charge in [0.15, 0.2) is 0 Å². The van der Waals surface area contributed by atoms with Crippen molar-refractivity contribution in [1.82, 2.24) is 9.80 Å². The molecule has 0 aromatic heterocycles. The molecule has 1 saturated heterocycles. The molecule has 2 N–H and O–H groups in total. The van der Waals surface area contributed by atoms with Crippen molar-refractivity contribution < 1.29 is 0 Å². The first-order valence-electron chi connectivity index (χ1n) is 5.79. The van der Waals surface area contributed by atoms with E-state index in [-0.39, 0.29) is 5.54 Å². The normalized spacial score (nSPS) is 22.9. The molecule has 0 aliphatic carbocycles. The molecule has 84 valence electrons. The summed E-state index contributed by atoms with van der Waals surface area (Å²) in [6, 6.07) is 0. The monoisotopic (exact) mass is 199 g/mol. The van der Waals surface area contributed by atoms with Crippen LogP contribution in [0, 0.1) is 0 Å². The van der Waals surface area contributed by atoms with E-state index in [0.717, 1.165) is 45.6 Å². The van der Waals surface area contributed by atoms with E-state index in [4.69, 9.17) is 5.73 Å². The minimum atomic E-state index is 0.0680. The van der Waals surface area contributed by atoms with Crippen LogP contribution in [0.3, 0.4) is 0 Å². The van der Waals surface area contributed by atoms with Crippen LogP contribution in [0.2, 0.25) is 0 Å². The standard InChI is InChI=1S/C11H25N3/c1-4-14(5-2)10-11(12)6-8-13(3)9-7-11/h4-10,12H2,1-3H3. The highest BCUT2D eigenvalue weighted by Crippen LogP contribution is 2.19. The van der Waals surface area contributed by atoms with Gasteiger partial charge in [-0.1, -0.05) is 13.8 Å². The molecule has 0 saturated carbocycles. The van der Waals surface area contributed by atoms with E-state index < -0.39 is 0 Å². The summed E-state index contributed by atoms with van der Waals surface area (Å²) in [6.45, 7) is 10.0. The molecule has 1 aliphatic heterocycles. The molecule has 3 heteroatoms. The Morgan fingerprint density at radius 3 is 2.14 bits per heavy atom. The van der Waals surface area contributed by atoms with Crippen molar-refractivity contribution in [2.75, 3.05) is 39.8 Å². The average Bonchev–Trinajstić information content (AvgIpc) is 2.20. The number of likely N-dealkylation sites (tertiary alicyclic amines) is 1. The number of rotatable bonds is 4. The van der Waals surface area contributed by atoms with E-state index in [1.807, 2.05) is 0 Å². The van der Waals surface area contributed by atoms with Crippen LogP contribution in [-0.2, 0) is 0 Å². The Bertz CT molecular complexity index is 158. The maximum Gasteiger partial charge on any atom is 0.0307 e. The second kappa shape index (κ2) is 5.10. The molecule has 0 unspecified atom stereocenters. The van der Waals surface area contributed by atoms with Crippen molar-refractivity contribution in [3.05, 3.63) is 0 Å². The fourth-order valence-corrected chi connectivity index (χ4v) is 2.11. The molecule has 3 nitrogen and oxygen atoms in total. The van der Waals surface area contributed by atoms with Gasteiger partial charge >= 0.3 is 0 Å². The second-order valence-electron chi connectivity index (χ2n) is 4.63. The molecule has 0 bridgehead atoms. The minimum absolute atomic E-state index is 0.0680. The summed E-state index contributed by atoms with van der Waals surface area (Å²) in [4.78, 5) is 4.80. The molecule has 0 spiro atoms.